The first-order valence-electron chi connectivity index (χ1n) is 35.9. The molecule has 0 spiro atoms. The smallest absolute Gasteiger partial charge is 0.387 e. The molecule has 0 aromatic heterocycles. The Labute approximate surface area is 506 Å². The number of aliphatic hydroxyl groups excluding tert-OH is 1. The first kappa shape index (κ1) is 79.7. The standard InChI is InChI=1S/C72H141N2O6P/c1-6-8-10-12-14-16-18-20-22-24-26-27-28-29-30-31-32-33-34-35-36-37-38-39-40-41-42-43-44-45-46-48-50-52-54-56-58-60-62-64-66-72(76)73-70(69-80-81(77,78)79-68-67-74(3,4)5)71(75)65-63-61-59-57-55-53-51-49-47-25-23-21-19-17-15-13-11-9-7-2/h47,49,55,57,63,65,70-71,75H,6-46,48,50-54,56,58-62,64,66-69H2,1-5H3,(H-,73,76,77,78)/p+1/b49-47+,57-55+,65-63+. The Morgan fingerprint density at radius 1 is 0.407 bits per heavy atom. The van der Waals surface area contributed by atoms with Crippen molar-refractivity contribution in [1.29, 1.82) is 0 Å². The molecular weight excluding hydrogens is 1020 g/mol. The lowest BCUT2D eigenvalue weighted by atomic mass is 10.0. The van der Waals surface area contributed by atoms with Crippen LogP contribution in [0.4, 0.5) is 0 Å². The Morgan fingerprint density at radius 3 is 0.988 bits per heavy atom. The number of hydrogen-bond acceptors (Lipinski definition) is 5. The maximum atomic E-state index is 13.0. The Morgan fingerprint density at radius 2 is 0.679 bits per heavy atom. The van der Waals surface area contributed by atoms with Gasteiger partial charge >= 0.3 is 7.82 Å². The number of carbonyl (C=O) groups is 1. The topological polar surface area (TPSA) is 105 Å². The van der Waals surface area contributed by atoms with E-state index in [-0.39, 0.29) is 19.1 Å². The van der Waals surface area contributed by atoms with Crippen molar-refractivity contribution in [3.63, 3.8) is 0 Å². The third-order valence-corrected chi connectivity index (χ3v) is 17.6. The number of phosphoric acid groups is 1. The summed E-state index contributed by atoms with van der Waals surface area (Å²) >= 11 is 0. The summed E-state index contributed by atoms with van der Waals surface area (Å²) in [4.78, 5) is 23.4. The molecule has 9 heteroatoms. The summed E-state index contributed by atoms with van der Waals surface area (Å²) in [7, 11) is 1.56. The molecule has 0 aliphatic rings. The number of phosphoric ester groups is 1. The molecule has 0 rings (SSSR count). The van der Waals surface area contributed by atoms with E-state index in [9.17, 15) is 19.4 Å². The van der Waals surface area contributed by atoms with Crippen molar-refractivity contribution in [2.75, 3.05) is 40.9 Å². The van der Waals surface area contributed by atoms with Crippen LogP contribution >= 0.6 is 7.82 Å². The number of aliphatic hydroxyl groups is 1. The Balaban J connectivity index is 3.91. The zero-order valence-corrected chi connectivity index (χ0v) is 55.9. The van der Waals surface area contributed by atoms with E-state index in [0.29, 0.717) is 17.4 Å². The number of allylic oxidation sites excluding steroid dienone is 5. The second kappa shape index (κ2) is 63.2. The van der Waals surface area contributed by atoms with E-state index < -0.39 is 20.0 Å². The molecule has 0 bridgehead atoms. The zero-order valence-electron chi connectivity index (χ0n) is 55.1. The van der Waals surface area contributed by atoms with Gasteiger partial charge in [0.1, 0.15) is 13.2 Å². The van der Waals surface area contributed by atoms with Crippen LogP contribution < -0.4 is 5.32 Å². The molecule has 0 aliphatic carbocycles. The number of nitrogens with zero attached hydrogens (tertiary/aromatic N) is 1. The van der Waals surface area contributed by atoms with Gasteiger partial charge in [-0.05, 0) is 44.9 Å². The van der Waals surface area contributed by atoms with Crippen molar-refractivity contribution in [2.45, 2.75) is 379 Å². The molecule has 0 aromatic carbocycles. The lowest BCUT2D eigenvalue weighted by molar-refractivity contribution is -0.870. The number of carbonyl (C=O) groups excluding carboxylic acids is 1. The van der Waals surface area contributed by atoms with Crippen molar-refractivity contribution < 1.29 is 32.9 Å². The summed E-state index contributed by atoms with van der Waals surface area (Å²) in [5.41, 5.74) is 0. The maximum absolute atomic E-state index is 13.0. The van der Waals surface area contributed by atoms with Crippen molar-refractivity contribution >= 4 is 13.7 Å². The summed E-state index contributed by atoms with van der Waals surface area (Å²) in [5, 5.41) is 14.0. The summed E-state index contributed by atoms with van der Waals surface area (Å²) in [6.45, 7) is 4.83. The maximum Gasteiger partial charge on any atom is 0.472 e. The molecule has 3 N–H and O–H groups in total. The van der Waals surface area contributed by atoms with Crippen LogP contribution in [0.2, 0.25) is 0 Å². The molecule has 0 fully saturated rings. The van der Waals surface area contributed by atoms with Crippen molar-refractivity contribution in [3.8, 4) is 0 Å². The highest BCUT2D eigenvalue weighted by atomic mass is 31.2. The fourth-order valence-electron chi connectivity index (χ4n) is 11.0. The van der Waals surface area contributed by atoms with E-state index in [1.807, 2.05) is 27.2 Å². The van der Waals surface area contributed by atoms with Crippen LogP contribution in [0.25, 0.3) is 0 Å². The number of rotatable bonds is 67. The first-order valence-corrected chi connectivity index (χ1v) is 37.4. The summed E-state index contributed by atoms with van der Waals surface area (Å²) in [6, 6.07) is -0.869. The van der Waals surface area contributed by atoms with Gasteiger partial charge in [0, 0.05) is 6.42 Å². The van der Waals surface area contributed by atoms with Gasteiger partial charge in [0.15, 0.2) is 0 Å². The summed E-state index contributed by atoms with van der Waals surface area (Å²) in [6.07, 6.45) is 84.7. The zero-order chi connectivity index (χ0) is 59.1. The van der Waals surface area contributed by atoms with E-state index >= 15 is 0 Å². The number of likely N-dealkylation sites (N-methyl/N-ethyl adjacent to an activating group) is 1. The lowest BCUT2D eigenvalue weighted by Gasteiger charge is -2.25. The van der Waals surface area contributed by atoms with Crippen LogP contribution in [0.1, 0.15) is 367 Å². The number of unbranched alkanes of at least 4 members (excludes halogenated alkanes) is 50. The van der Waals surface area contributed by atoms with Gasteiger partial charge in [-0.1, -0.05) is 352 Å². The van der Waals surface area contributed by atoms with Crippen LogP contribution in [0.15, 0.2) is 36.5 Å². The highest BCUT2D eigenvalue weighted by Gasteiger charge is 2.28. The quantitative estimate of drug-likeness (QED) is 0.0243. The van der Waals surface area contributed by atoms with Crippen molar-refractivity contribution in [1.82, 2.24) is 5.32 Å². The van der Waals surface area contributed by atoms with Crippen LogP contribution in [-0.4, -0.2) is 73.4 Å². The minimum atomic E-state index is -4.36. The van der Waals surface area contributed by atoms with Crippen LogP contribution in [0.5, 0.6) is 0 Å². The molecular formula is C72H142N2O6P+. The SMILES string of the molecule is CCCCCCCCCCC/C=C/CC/C=C/CC/C=C/C(O)C(COP(=O)(O)OCC[N+](C)(C)C)NC(=O)CCCCCCCCCCCCCCCCCCCCCCCCCCCCCCCCCCCCCCCCCC. The largest absolute Gasteiger partial charge is 0.472 e. The number of quaternary nitrogens is 1. The predicted octanol–water partition coefficient (Wildman–Crippen LogP) is 22.8. The fourth-order valence-corrected chi connectivity index (χ4v) is 11.8. The number of nitrogens with one attached hydrogen (secondary N) is 1. The predicted molar refractivity (Wildman–Crippen MR) is 355 cm³/mol. The minimum Gasteiger partial charge on any atom is -0.387 e. The molecule has 0 radical (unpaired) electrons. The summed E-state index contributed by atoms with van der Waals surface area (Å²) < 4.78 is 23.8. The fraction of sp³-hybridized carbons (Fsp3) is 0.903. The average Bonchev–Trinajstić information content (AvgIpc) is 3.43. The van der Waals surface area contributed by atoms with Crippen LogP contribution in [0, 0.1) is 0 Å². The van der Waals surface area contributed by atoms with Gasteiger partial charge in [-0.15, -0.1) is 0 Å². The third-order valence-electron chi connectivity index (χ3n) is 16.6. The second-order valence-electron chi connectivity index (χ2n) is 26.0. The molecule has 3 atom stereocenters. The minimum absolute atomic E-state index is 0.0553. The van der Waals surface area contributed by atoms with E-state index in [0.717, 1.165) is 44.9 Å². The molecule has 3 unspecified atom stereocenters. The first-order chi connectivity index (χ1) is 39.5. The van der Waals surface area contributed by atoms with Gasteiger partial charge in [-0.3, -0.25) is 13.8 Å². The average molecular weight is 1160 g/mol. The number of amides is 1. The Bertz CT molecular complexity index is 1410. The molecule has 480 valence electrons. The Hall–Kier alpha value is -1.28. The van der Waals surface area contributed by atoms with Gasteiger partial charge in [0.25, 0.3) is 0 Å². The van der Waals surface area contributed by atoms with E-state index in [4.69, 9.17) is 9.05 Å². The van der Waals surface area contributed by atoms with E-state index in [1.54, 1.807) is 6.08 Å². The third kappa shape index (κ3) is 66.1. The van der Waals surface area contributed by atoms with Gasteiger partial charge in [0.05, 0.1) is 39.9 Å². The molecule has 1 amide bonds. The molecule has 0 saturated heterocycles. The van der Waals surface area contributed by atoms with Crippen LogP contribution in [-0.2, 0) is 18.4 Å². The normalized spacial score (nSPS) is 13.8. The van der Waals surface area contributed by atoms with Crippen LogP contribution in [0.3, 0.4) is 0 Å². The van der Waals surface area contributed by atoms with Gasteiger partial charge < -0.3 is 19.8 Å². The second-order valence-corrected chi connectivity index (χ2v) is 27.4. The van der Waals surface area contributed by atoms with Crippen molar-refractivity contribution in [2.24, 2.45) is 0 Å². The van der Waals surface area contributed by atoms with E-state index in [2.05, 4.69) is 43.5 Å². The van der Waals surface area contributed by atoms with Gasteiger partial charge in [-0.2, -0.15) is 0 Å². The molecule has 0 heterocycles. The highest BCUT2D eigenvalue weighted by Crippen LogP contribution is 2.43. The Kier molecular flexibility index (Phi) is 62.2. The van der Waals surface area contributed by atoms with Gasteiger partial charge in [0.2, 0.25) is 5.91 Å². The molecule has 0 aromatic rings. The van der Waals surface area contributed by atoms with E-state index in [1.165, 1.54) is 302 Å². The lowest BCUT2D eigenvalue weighted by Crippen LogP contribution is -2.45. The molecule has 81 heavy (non-hydrogen) atoms. The van der Waals surface area contributed by atoms with Gasteiger partial charge in [-0.25, -0.2) is 4.57 Å². The number of hydrogen-bond donors (Lipinski definition) is 3. The van der Waals surface area contributed by atoms with Crippen molar-refractivity contribution in [3.05, 3.63) is 36.5 Å². The summed E-state index contributed by atoms with van der Waals surface area (Å²) in [5.74, 6) is -0.184. The molecule has 8 nitrogen and oxygen atoms in total. The molecule has 0 saturated carbocycles. The molecule has 0 aliphatic heterocycles. The monoisotopic (exact) mass is 1160 g/mol. The highest BCUT2D eigenvalue weighted by molar-refractivity contribution is 7.47.